The van der Waals surface area contributed by atoms with Gasteiger partial charge in [-0.2, -0.15) is 0 Å². The molecule has 4 heteroatoms. The molecular formula is C15H15Cl2NS. The van der Waals surface area contributed by atoms with E-state index in [1.165, 1.54) is 10.5 Å². The summed E-state index contributed by atoms with van der Waals surface area (Å²) in [6.45, 7) is 2.01. The molecule has 0 saturated carbocycles. The Morgan fingerprint density at radius 2 is 1.84 bits per heavy atom. The highest BCUT2D eigenvalue weighted by atomic mass is 35.5. The Morgan fingerprint density at radius 1 is 1.11 bits per heavy atom. The standard InChI is InChI=1S/C15H15Cl2NS/c1-10(18)8-11-4-2-3-5-15(11)19-12-6-7-13(16)14(17)9-12/h2-7,9-10H,8,18H2,1H3. The van der Waals surface area contributed by atoms with Crippen LogP contribution < -0.4 is 5.73 Å². The Balaban J connectivity index is 2.25. The Morgan fingerprint density at radius 3 is 2.53 bits per heavy atom. The molecule has 0 aliphatic carbocycles. The van der Waals surface area contributed by atoms with Crippen LogP contribution >= 0.6 is 35.0 Å². The molecule has 100 valence electrons. The lowest BCUT2D eigenvalue weighted by atomic mass is 10.1. The van der Waals surface area contributed by atoms with Gasteiger partial charge in [0.15, 0.2) is 0 Å². The van der Waals surface area contributed by atoms with Gasteiger partial charge in [0, 0.05) is 15.8 Å². The molecule has 0 spiro atoms. The zero-order chi connectivity index (χ0) is 13.8. The molecule has 2 N–H and O–H groups in total. The lowest BCUT2D eigenvalue weighted by Gasteiger charge is -2.11. The van der Waals surface area contributed by atoms with Crippen LogP contribution in [0.5, 0.6) is 0 Å². The molecule has 0 fully saturated rings. The van der Waals surface area contributed by atoms with Crippen LogP contribution in [0.25, 0.3) is 0 Å². The van der Waals surface area contributed by atoms with Crippen LogP contribution in [0.1, 0.15) is 12.5 Å². The Kier molecular flexibility index (Phi) is 5.17. The summed E-state index contributed by atoms with van der Waals surface area (Å²) in [7, 11) is 0. The summed E-state index contributed by atoms with van der Waals surface area (Å²) >= 11 is 13.6. The van der Waals surface area contributed by atoms with Gasteiger partial charge in [-0.25, -0.2) is 0 Å². The Labute approximate surface area is 128 Å². The summed E-state index contributed by atoms with van der Waals surface area (Å²) in [5.74, 6) is 0. The van der Waals surface area contributed by atoms with E-state index in [0.717, 1.165) is 11.3 Å². The predicted octanol–water partition coefficient (Wildman–Crippen LogP) is 5.03. The average molecular weight is 312 g/mol. The zero-order valence-electron chi connectivity index (χ0n) is 10.6. The van der Waals surface area contributed by atoms with Crippen molar-refractivity contribution in [3.8, 4) is 0 Å². The van der Waals surface area contributed by atoms with Gasteiger partial charge in [-0.05, 0) is 43.2 Å². The van der Waals surface area contributed by atoms with E-state index in [4.69, 9.17) is 28.9 Å². The third kappa shape index (κ3) is 4.15. The second kappa shape index (κ2) is 6.67. The first-order chi connectivity index (χ1) is 9.06. The summed E-state index contributed by atoms with van der Waals surface area (Å²) in [4.78, 5) is 2.28. The molecule has 2 aromatic rings. The van der Waals surface area contributed by atoms with Gasteiger partial charge >= 0.3 is 0 Å². The summed E-state index contributed by atoms with van der Waals surface area (Å²) in [6, 6.07) is 14.1. The predicted molar refractivity (Wildman–Crippen MR) is 84.4 cm³/mol. The summed E-state index contributed by atoms with van der Waals surface area (Å²) in [5, 5.41) is 1.16. The van der Waals surface area contributed by atoms with Gasteiger partial charge < -0.3 is 5.73 Å². The molecule has 0 bridgehead atoms. The fraction of sp³-hybridized carbons (Fsp3) is 0.200. The fourth-order valence-corrected chi connectivity index (χ4v) is 3.14. The molecule has 0 radical (unpaired) electrons. The molecule has 0 aromatic heterocycles. The molecule has 0 amide bonds. The van der Waals surface area contributed by atoms with Crippen molar-refractivity contribution in [3.05, 3.63) is 58.1 Å². The third-order valence-electron chi connectivity index (χ3n) is 2.63. The van der Waals surface area contributed by atoms with E-state index >= 15 is 0 Å². The molecule has 1 unspecified atom stereocenters. The van der Waals surface area contributed by atoms with Gasteiger partial charge in [-0.1, -0.05) is 53.2 Å². The molecule has 2 aromatic carbocycles. The van der Waals surface area contributed by atoms with Crippen molar-refractivity contribution in [1.82, 2.24) is 0 Å². The van der Waals surface area contributed by atoms with Crippen LogP contribution in [0.2, 0.25) is 10.0 Å². The Hall–Kier alpha value is -0.670. The van der Waals surface area contributed by atoms with Gasteiger partial charge in [0.1, 0.15) is 0 Å². The molecule has 1 atom stereocenters. The summed E-state index contributed by atoms with van der Waals surface area (Å²) < 4.78 is 0. The lowest BCUT2D eigenvalue weighted by molar-refractivity contribution is 0.729. The van der Waals surface area contributed by atoms with E-state index in [9.17, 15) is 0 Å². The van der Waals surface area contributed by atoms with Crippen LogP contribution in [0.15, 0.2) is 52.3 Å². The molecule has 0 heterocycles. The fourth-order valence-electron chi connectivity index (χ4n) is 1.79. The number of rotatable bonds is 4. The number of hydrogen-bond donors (Lipinski definition) is 1. The minimum Gasteiger partial charge on any atom is -0.328 e. The smallest absolute Gasteiger partial charge is 0.0603 e. The van der Waals surface area contributed by atoms with Crippen molar-refractivity contribution >= 4 is 35.0 Å². The number of nitrogens with two attached hydrogens (primary N) is 1. The monoisotopic (exact) mass is 311 g/mol. The second-order valence-corrected chi connectivity index (χ2v) is 6.40. The minimum atomic E-state index is 0.149. The largest absolute Gasteiger partial charge is 0.328 e. The average Bonchev–Trinajstić information content (AvgIpc) is 2.36. The highest BCUT2D eigenvalue weighted by Gasteiger charge is 2.07. The van der Waals surface area contributed by atoms with Gasteiger partial charge in [-0.15, -0.1) is 0 Å². The van der Waals surface area contributed by atoms with E-state index in [1.54, 1.807) is 11.8 Å². The Bertz CT molecular complexity index is 570. The normalized spacial score (nSPS) is 12.4. The summed E-state index contributed by atoms with van der Waals surface area (Å²) in [6.07, 6.45) is 0.866. The van der Waals surface area contributed by atoms with Crippen LogP contribution in [0.3, 0.4) is 0 Å². The lowest BCUT2D eigenvalue weighted by Crippen LogP contribution is -2.18. The zero-order valence-corrected chi connectivity index (χ0v) is 12.9. The van der Waals surface area contributed by atoms with E-state index in [1.807, 2.05) is 37.3 Å². The van der Waals surface area contributed by atoms with E-state index in [2.05, 4.69) is 12.1 Å². The first-order valence-corrected chi connectivity index (χ1v) is 7.60. The van der Waals surface area contributed by atoms with Gasteiger partial charge in [0.25, 0.3) is 0 Å². The van der Waals surface area contributed by atoms with Crippen molar-refractivity contribution in [1.29, 1.82) is 0 Å². The number of halogens is 2. The topological polar surface area (TPSA) is 26.0 Å². The molecule has 0 saturated heterocycles. The van der Waals surface area contributed by atoms with Crippen LogP contribution in [-0.2, 0) is 6.42 Å². The molecular weight excluding hydrogens is 297 g/mol. The SMILES string of the molecule is CC(N)Cc1ccccc1Sc1ccc(Cl)c(Cl)c1. The highest BCUT2D eigenvalue weighted by Crippen LogP contribution is 2.34. The third-order valence-corrected chi connectivity index (χ3v) is 4.48. The van der Waals surface area contributed by atoms with E-state index in [-0.39, 0.29) is 6.04 Å². The van der Waals surface area contributed by atoms with Crippen LogP contribution in [0, 0.1) is 0 Å². The molecule has 2 rings (SSSR count). The quantitative estimate of drug-likeness (QED) is 0.856. The first kappa shape index (κ1) is 14.7. The van der Waals surface area contributed by atoms with Gasteiger partial charge in [0.2, 0.25) is 0 Å². The van der Waals surface area contributed by atoms with E-state index in [0.29, 0.717) is 10.0 Å². The highest BCUT2D eigenvalue weighted by molar-refractivity contribution is 7.99. The number of benzene rings is 2. The van der Waals surface area contributed by atoms with E-state index < -0.39 is 0 Å². The van der Waals surface area contributed by atoms with Gasteiger partial charge in [-0.3, -0.25) is 0 Å². The van der Waals surface area contributed by atoms with Crippen LogP contribution in [0.4, 0.5) is 0 Å². The van der Waals surface area contributed by atoms with Gasteiger partial charge in [0.05, 0.1) is 10.0 Å². The minimum absolute atomic E-state index is 0.149. The first-order valence-electron chi connectivity index (χ1n) is 6.02. The summed E-state index contributed by atoms with van der Waals surface area (Å²) in [5.41, 5.74) is 7.14. The maximum Gasteiger partial charge on any atom is 0.0603 e. The molecule has 19 heavy (non-hydrogen) atoms. The molecule has 0 aliphatic heterocycles. The van der Waals surface area contributed by atoms with Crippen molar-refractivity contribution in [2.45, 2.75) is 29.2 Å². The van der Waals surface area contributed by atoms with Crippen LogP contribution in [-0.4, -0.2) is 6.04 Å². The maximum absolute atomic E-state index is 6.04. The molecule has 1 nitrogen and oxygen atoms in total. The number of hydrogen-bond acceptors (Lipinski definition) is 2. The second-order valence-electron chi connectivity index (χ2n) is 4.47. The maximum atomic E-state index is 6.04. The van der Waals surface area contributed by atoms with Crippen molar-refractivity contribution in [2.24, 2.45) is 5.73 Å². The van der Waals surface area contributed by atoms with Crippen molar-refractivity contribution < 1.29 is 0 Å². The molecule has 0 aliphatic rings. The van der Waals surface area contributed by atoms with Crippen molar-refractivity contribution in [2.75, 3.05) is 0 Å². The van der Waals surface area contributed by atoms with Crippen molar-refractivity contribution in [3.63, 3.8) is 0 Å².